The molecule has 110 valence electrons. The standard InChI is InChI=1S/C14H20N2O4/c1-2-20-11-3-9-16(10-6-13(17)18)14(19)12-4-7-15-8-5-12/h4-5,7-8H,2-3,6,9-11H2,1H3,(H,17,18). The van der Waals surface area contributed by atoms with Crippen LogP contribution in [0.25, 0.3) is 0 Å². The fourth-order valence-corrected chi connectivity index (χ4v) is 1.72. The van der Waals surface area contributed by atoms with E-state index in [2.05, 4.69) is 4.98 Å². The van der Waals surface area contributed by atoms with Crippen molar-refractivity contribution in [1.29, 1.82) is 0 Å². The number of carbonyl (C=O) groups excluding carboxylic acids is 1. The van der Waals surface area contributed by atoms with Gasteiger partial charge in [-0.3, -0.25) is 14.6 Å². The second-order valence-electron chi connectivity index (χ2n) is 4.22. The first-order valence-corrected chi connectivity index (χ1v) is 6.64. The molecule has 0 aliphatic rings. The lowest BCUT2D eigenvalue weighted by Crippen LogP contribution is -2.34. The van der Waals surface area contributed by atoms with Crippen molar-refractivity contribution in [3.8, 4) is 0 Å². The Morgan fingerprint density at radius 2 is 2.00 bits per heavy atom. The zero-order chi connectivity index (χ0) is 14.8. The highest BCUT2D eigenvalue weighted by Crippen LogP contribution is 2.05. The van der Waals surface area contributed by atoms with Gasteiger partial charge < -0.3 is 14.7 Å². The first-order chi connectivity index (χ1) is 9.65. The predicted octanol–water partition coefficient (Wildman–Crippen LogP) is 1.43. The average Bonchev–Trinajstić information content (AvgIpc) is 2.46. The quantitative estimate of drug-likeness (QED) is 0.692. The largest absolute Gasteiger partial charge is 0.481 e. The molecular weight excluding hydrogens is 260 g/mol. The van der Waals surface area contributed by atoms with Crippen molar-refractivity contribution in [2.24, 2.45) is 0 Å². The molecule has 6 nitrogen and oxygen atoms in total. The minimum atomic E-state index is -0.915. The molecule has 1 N–H and O–H groups in total. The number of rotatable bonds is 9. The smallest absolute Gasteiger partial charge is 0.305 e. The number of nitrogens with zero attached hydrogens (tertiary/aromatic N) is 2. The first-order valence-electron chi connectivity index (χ1n) is 6.64. The minimum Gasteiger partial charge on any atom is -0.481 e. The maximum atomic E-state index is 12.3. The molecule has 6 heteroatoms. The van der Waals surface area contributed by atoms with Crippen molar-refractivity contribution in [2.45, 2.75) is 19.8 Å². The van der Waals surface area contributed by atoms with E-state index in [9.17, 15) is 9.59 Å². The van der Waals surface area contributed by atoms with E-state index in [-0.39, 0.29) is 18.9 Å². The molecule has 0 saturated heterocycles. The van der Waals surface area contributed by atoms with Crippen LogP contribution in [0.1, 0.15) is 30.1 Å². The summed E-state index contributed by atoms with van der Waals surface area (Å²) >= 11 is 0. The Balaban J connectivity index is 2.60. The highest BCUT2D eigenvalue weighted by Gasteiger charge is 2.16. The maximum absolute atomic E-state index is 12.3. The van der Waals surface area contributed by atoms with Crippen molar-refractivity contribution in [3.63, 3.8) is 0 Å². The van der Waals surface area contributed by atoms with Gasteiger partial charge in [0.1, 0.15) is 0 Å². The van der Waals surface area contributed by atoms with E-state index < -0.39 is 5.97 Å². The molecule has 0 spiro atoms. The molecule has 1 aromatic heterocycles. The SMILES string of the molecule is CCOCCCN(CCC(=O)O)C(=O)c1ccncc1. The fourth-order valence-electron chi connectivity index (χ4n) is 1.72. The molecule has 0 atom stereocenters. The number of pyridine rings is 1. The number of ether oxygens (including phenoxy) is 1. The van der Waals surface area contributed by atoms with E-state index in [1.54, 1.807) is 29.4 Å². The third-order valence-corrected chi connectivity index (χ3v) is 2.73. The van der Waals surface area contributed by atoms with Gasteiger partial charge in [0.15, 0.2) is 0 Å². The van der Waals surface area contributed by atoms with Gasteiger partial charge in [0.25, 0.3) is 5.91 Å². The molecule has 20 heavy (non-hydrogen) atoms. The van der Waals surface area contributed by atoms with Crippen molar-refractivity contribution < 1.29 is 19.4 Å². The molecule has 0 aliphatic carbocycles. The summed E-state index contributed by atoms with van der Waals surface area (Å²) in [5.74, 6) is -1.09. The normalized spacial score (nSPS) is 10.2. The maximum Gasteiger partial charge on any atom is 0.305 e. The van der Waals surface area contributed by atoms with Crippen LogP contribution in [0.4, 0.5) is 0 Å². The van der Waals surface area contributed by atoms with Crippen LogP contribution in [0.15, 0.2) is 24.5 Å². The highest BCUT2D eigenvalue weighted by molar-refractivity contribution is 5.94. The summed E-state index contributed by atoms with van der Waals surface area (Å²) in [4.78, 5) is 28.4. The Kier molecular flexibility index (Phi) is 7.27. The number of hydrogen-bond acceptors (Lipinski definition) is 4. The van der Waals surface area contributed by atoms with Crippen molar-refractivity contribution in [2.75, 3.05) is 26.3 Å². The Labute approximate surface area is 118 Å². The van der Waals surface area contributed by atoms with Crippen LogP contribution in [-0.4, -0.2) is 53.2 Å². The van der Waals surface area contributed by atoms with E-state index in [1.165, 1.54) is 0 Å². The molecule has 1 amide bonds. The summed E-state index contributed by atoms with van der Waals surface area (Å²) in [5, 5.41) is 8.75. The average molecular weight is 280 g/mol. The number of aromatic nitrogens is 1. The van der Waals surface area contributed by atoms with Gasteiger partial charge in [0.2, 0.25) is 0 Å². The second kappa shape index (κ2) is 9.03. The van der Waals surface area contributed by atoms with Gasteiger partial charge in [-0.15, -0.1) is 0 Å². The van der Waals surface area contributed by atoms with E-state index in [4.69, 9.17) is 9.84 Å². The van der Waals surface area contributed by atoms with E-state index in [0.717, 1.165) is 0 Å². The van der Waals surface area contributed by atoms with Crippen LogP contribution in [0.3, 0.4) is 0 Å². The molecule has 0 unspecified atom stereocenters. The summed E-state index contributed by atoms with van der Waals surface area (Å²) in [6.07, 6.45) is 3.71. The summed E-state index contributed by atoms with van der Waals surface area (Å²) in [6, 6.07) is 3.25. The Hall–Kier alpha value is -1.95. The summed E-state index contributed by atoms with van der Waals surface area (Å²) < 4.78 is 5.23. The van der Waals surface area contributed by atoms with Crippen molar-refractivity contribution >= 4 is 11.9 Å². The van der Waals surface area contributed by atoms with Gasteiger partial charge in [-0.1, -0.05) is 0 Å². The molecule has 0 bridgehead atoms. The van der Waals surface area contributed by atoms with E-state index in [0.29, 0.717) is 31.7 Å². The van der Waals surface area contributed by atoms with E-state index >= 15 is 0 Å². The highest BCUT2D eigenvalue weighted by atomic mass is 16.5. The lowest BCUT2D eigenvalue weighted by molar-refractivity contribution is -0.137. The zero-order valence-corrected chi connectivity index (χ0v) is 11.6. The van der Waals surface area contributed by atoms with Crippen LogP contribution in [0.5, 0.6) is 0 Å². The molecule has 0 saturated carbocycles. The van der Waals surface area contributed by atoms with Crippen molar-refractivity contribution in [1.82, 2.24) is 9.88 Å². The lowest BCUT2D eigenvalue weighted by Gasteiger charge is -2.22. The molecule has 0 radical (unpaired) electrons. The monoisotopic (exact) mass is 280 g/mol. The predicted molar refractivity (Wildman–Crippen MR) is 73.5 cm³/mol. The molecule has 1 rings (SSSR count). The summed E-state index contributed by atoms with van der Waals surface area (Å²) in [7, 11) is 0. The third kappa shape index (κ3) is 5.79. The molecule has 1 heterocycles. The number of carboxylic acids is 1. The van der Waals surface area contributed by atoms with Crippen LogP contribution in [0.2, 0.25) is 0 Å². The Bertz CT molecular complexity index is 422. The van der Waals surface area contributed by atoms with Crippen LogP contribution >= 0.6 is 0 Å². The van der Waals surface area contributed by atoms with Crippen LogP contribution < -0.4 is 0 Å². The van der Waals surface area contributed by atoms with Crippen LogP contribution in [0, 0.1) is 0 Å². The van der Waals surface area contributed by atoms with Gasteiger partial charge in [-0.2, -0.15) is 0 Å². The number of carboxylic acid groups (broad SMARTS) is 1. The van der Waals surface area contributed by atoms with E-state index in [1.807, 2.05) is 6.92 Å². The number of hydrogen-bond donors (Lipinski definition) is 1. The van der Waals surface area contributed by atoms with Gasteiger partial charge in [0, 0.05) is 44.3 Å². The Morgan fingerprint density at radius 3 is 2.60 bits per heavy atom. The Morgan fingerprint density at radius 1 is 1.30 bits per heavy atom. The fraction of sp³-hybridized carbons (Fsp3) is 0.500. The van der Waals surface area contributed by atoms with Gasteiger partial charge in [-0.25, -0.2) is 0 Å². The third-order valence-electron chi connectivity index (χ3n) is 2.73. The zero-order valence-electron chi connectivity index (χ0n) is 11.6. The van der Waals surface area contributed by atoms with Gasteiger partial charge in [-0.05, 0) is 25.5 Å². The number of aliphatic carboxylic acids is 1. The molecule has 0 fully saturated rings. The first kappa shape index (κ1) is 16.1. The minimum absolute atomic E-state index is 0.0640. The molecule has 1 aromatic rings. The second-order valence-corrected chi connectivity index (χ2v) is 4.22. The summed E-state index contributed by atoms with van der Waals surface area (Å²) in [6.45, 7) is 3.78. The topological polar surface area (TPSA) is 79.7 Å². The van der Waals surface area contributed by atoms with Crippen LogP contribution in [-0.2, 0) is 9.53 Å². The summed E-state index contributed by atoms with van der Waals surface area (Å²) in [5.41, 5.74) is 0.516. The van der Waals surface area contributed by atoms with Gasteiger partial charge >= 0.3 is 5.97 Å². The van der Waals surface area contributed by atoms with Gasteiger partial charge in [0.05, 0.1) is 6.42 Å². The molecular formula is C14H20N2O4. The number of amides is 1. The molecule has 0 aliphatic heterocycles. The van der Waals surface area contributed by atoms with Crippen molar-refractivity contribution in [3.05, 3.63) is 30.1 Å². The number of carbonyl (C=O) groups is 2. The lowest BCUT2D eigenvalue weighted by atomic mass is 10.2. The molecule has 0 aromatic carbocycles.